The van der Waals surface area contributed by atoms with Crippen LogP contribution < -0.4 is 14.2 Å². The van der Waals surface area contributed by atoms with Crippen LogP contribution in [0.1, 0.15) is 19.4 Å². The Morgan fingerprint density at radius 3 is 2.25 bits per heavy atom. The van der Waals surface area contributed by atoms with Gasteiger partial charge < -0.3 is 14.2 Å². The van der Waals surface area contributed by atoms with Crippen LogP contribution >= 0.6 is 0 Å². The number of nitriles is 1. The van der Waals surface area contributed by atoms with Gasteiger partial charge in [0.1, 0.15) is 6.07 Å². The van der Waals surface area contributed by atoms with Crippen LogP contribution in [0.5, 0.6) is 17.2 Å². The van der Waals surface area contributed by atoms with Gasteiger partial charge in [0, 0.05) is 0 Å². The number of hydrogen-bond acceptors (Lipinski definition) is 4. The average Bonchev–Trinajstić information content (AvgIpc) is 2.27. The summed E-state index contributed by atoms with van der Waals surface area (Å²) in [7, 11) is 3.06. The van der Waals surface area contributed by atoms with Crippen LogP contribution in [0.25, 0.3) is 0 Å². The predicted molar refractivity (Wildman–Crippen MR) is 60.0 cm³/mol. The highest BCUT2D eigenvalue weighted by molar-refractivity contribution is 5.59. The molecule has 0 bridgehead atoms. The van der Waals surface area contributed by atoms with Crippen molar-refractivity contribution in [2.75, 3.05) is 14.2 Å². The first-order valence-corrected chi connectivity index (χ1v) is 4.95. The summed E-state index contributed by atoms with van der Waals surface area (Å²) in [6.45, 7) is 3.78. The van der Waals surface area contributed by atoms with Crippen LogP contribution in [0, 0.1) is 11.3 Å². The Morgan fingerprint density at radius 2 is 1.81 bits per heavy atom. The summed E-state index contributed by atoms with van der Waals surface area (Å²) in [5.41, 5.74) is 0.436. The van der Waals surface area contributed by atoms with Crippen LogP contribution in [0.4, 0.5) is 0 Å². The van der Waals surface area contributed by atoms with Gasteiger partial charge in [-0.05, 0) is 26.0 Å². The average molecular weight is 221 g/mol. The molecule has 4 nitrogen and oxygen atoms in total. The number of nitrogens with zero attached hydrogens (tertiary/aromatic N) is 1. The fourth-order valence-corrected chi connectivity index (χ4v) is 1.34. The maximum atomic E-state index is 8.99. The van der Waals surface area contributed by atoms with Crippen molar-refractivity contribution in [1.29, 1.82) is 5.26 Å². The van der Waals surface area contributed by atoms with Gasteiger partial charge in [0.25, 0.3) is 0 Å². The van der Waals surface area contributed by atoms with Crippen molar-refractivity contribution in [1.82, 2.24) is 0 Å². The second-order valence-electron chi connectivity index (χ2n) is 3.46. The Morgan fingerprint density at radius 1 is 1.12 bits per heavy atom. The molecule has 0 aromatic heterocycles. The molecule has 0 radical (unpaired) electrons. The summed E-state index contributed by atoms with van der Waals surface area (Å²) < 4.78 is 15.9. The molecule has 1 aromatic rings. The standard InChI is InChI=1S/C12H15NO3/c1-8(2)16-11-9(7-13)5-6-10(14-3)12(11)15-4/h5-6,8H,1-4H3. The van der Waals surface area contributed by atoms with E-state index in [2.05, 4.69) is 6.07 Å². The second kappa shape index (κ2) is 5.26. The van der Waals surface area contributed by atoms with E-state index in [1.54, 1.807) is 19.2 Å². The molecule has 0 heterocycles. The molecule has 0 fully saturated rings. The van der Waals surface area contributed by atoms with E-state index in [0.29, 0.717) is 22.8 Å². The van der Waals surface area contributed by atoms with E-state index in [4.69, 9.17) is 19.5 Å². The number of benzene rings is 1. The molecule has 86 valence electrons. The third kappa shape index (κ3) is 2.37. The quantitative estimate of drug-likeness (QED) is 0.783. The van der Waals surface area contributed by atoms with Gasteiger partial charge >= 0.3 is 0 Å². The van der Waals surface area contributed by atoms with E-state index in [1.807, 2.05) is 13.8 Å². The summed E-state index contributed by atoms with van der Waals surface area (Å²) in [5, 5.41) is 8.99. The molecule has 1 aromatic carbocycles. The number of rotatable bonds is 4. The van der Waals surface area contributed by atoms with Crippen LogP contribution in [0.2, 0.25) is 0 Å². The van der Waals surface area contributed by atoms with Crippen LogP contribution in [-0.4, -0.2) is 20.3 Å². The topological polar surface area (TPSA) is 51.5 Å². The first kappa shape index (κ1) is 12.2. The highest BCUT2D eigenvalue weighted by Crippen LogP contribution is 2.40. The molecule has 16 heavy (non-hydrogen) atoms. The Hall–Kier alpha value is -1.89. The SMILES string of the molecule is COc1ccc(C#N)c(OC(C)C)c1OC. The van der Waals surface area contributed by atoms with Gasteiger partial charge in [-0.3, -0.25) is 0 Å². The van der Waals surface area contributed by atoms with Crippen molar-refractivity contribution in [3.63, 3.8) is 0 Å². The first-order chi connectivity index (χ1) is 7.63. The summed E-state index contributed by atoms with van der Waals surface area (Å²) in [6.07, 6.45) is -0.0342. The third-order valence-electron chi connectivity index (χ3n) is 1.97. The van der Waals surface area contributed by atoms with E-state index in [-0.39, 0.29) is 6.10 Å². The van der Waals surface area contributed by atoms with Crippen LogP contribution in [-0.2, 0) is 0 Å². The van der Waals surface area contributed by atoms with Crippen LogP contribution in [0.3, 0.4) is 0 Å². The fourth-order valence-electron chi connectivity index (χ4n) is 1.34. The number of ether oxygens (including phenoxy) is 3. The minimum absolute atomic E-state index is 0.0342. The van der Waals surface area contributed by atoms with E-state index < -0.39 is 0 Å². The van der Waals surface area contributed by atoms with Gasteiger partial charge in [-0.1, -0.05) is 0 Å². The molecule has 0 atom stereocenters. The molecule has 0 aliphatic rings. The fraction of sp³-hybridized carbons (Fsp3) is 0.417. The minimum Gasteiger partial charge on any atom is -0.493 e. The van der Waals surface area contributed by atoms with Crippen molar-refractivity contribution in [2.45, 2.75) is 20.0 Å². The highest BCUT2D eigenvalue weighted by atomic mass is 16.5. The molecule has 0 amide bonds. The summed E-state index contributed by atoms with van der Waals surface area (Å²) in [6, 6.07) is 5.40. The molecule has 0 saturated carbocycles. The highest BCUT2D eigenvalue weighted by Gasteiger charge is 2.17. The molecular weight excluding hydrogens is 206 g/mol. The number of methoxy groups -OCH3 is 2. The Balaban J connectivity index is 3.32. The largest absolute Gasteiger partial charge is 0.493 e. The van der Waals surface area contributed by atoms with Gasteiger partial charge in [-0.15, -0.1) is 0 Å². The Bertz CT molecular complexity index is 407. The van der Waals surface area contributed by atoms with Crippen molar-refractivity contribution >= 4 is 0 Å². The minimum atomic E-state index is -0.0342. The lowest BCUT2D eigenvalue weighted by molar-refractivity contribution is 0.226. The Labute approximate surface area is 95.4 Å². The Kier molecular flexibility index (Phi) is 4.01. The summed E-state index contributed by atoms with van der Waals surface area (Å²) in [5.74, 6) is 1.44. The normalized spacial score (nSPS) is 9.75. The zero-order valence-corrected chi connectivity index (χ0v) is 9.90. The molecule has 1 rings (SSSR count). The van der Waals surface area contributed by atoms with Crippen molar-refractivity contribution in [3.05, 3.63) is 17.7 Å². The van der Waals surface area contributed by atoms with E-state index in [0.717, 1.165) is 0 Å². The van der Waals surface area contributed by atoms with E-state index in [1.165, 1.54) is 7.11 Å². The van der Waals surface area contributed by atoms with Crippen molar-refractivity contribution in [2.24, 2.45) is 0 Å². The maximum Gasteiger partial charge on any atom is 0.204 e. The zero-order chi connectivity index (χ0) is 12.1. The molecule has 0 aliphatic carbocycles. The molecule has 4 heteroatoms. The van der Waals surface area contributed by atoms with Crippen LogP contribution in [0.15, 0.2) is 12.1 Å². The zero-order valence-electron chi connectivity index (χ0n) is 9.90. The first-order valence-electron chi connectivity index (χ1n) is 4.95. The monoisotopic (exact) mass is 221 g/mol. The van der Waals surface area contributed by atoms with Gasteiger partial charge in [-0.2, -0.15) is 5.26 Å². The van der Waals surface area contributed by atoms with Gasteiger partial charge in [0.2, 0.25) is 5.75 Å². The second-order valence-corrected chi connectivity index (χ2v) is 3.46. The maximum absolute atomic E-state index is 8.99. The lowest BCUT2D eigenvalue weighted by atomic mass is 10.2. The molecule has 0 aliphatic heterocycles. The molecule has 0 N–H and O–H groups in total. The lowest BCUT2D eigenvalue weighted by Gasteiger charge is -2.16. The predicted octanol–water partition coefficient (Wildman–Crippen LogP) is 2.36. The third-order valence-corrected chi connectivity index (χ3v) is 1.97. The summed E-state index contributed by atoms with van der Waals surface area (Å²) in [4.78, 5) is 0. The molecular formula is C12H15NO3. The lowest BCUT2D eigenvalue weighted by Crippen LogP contribution is -2.08. The molecule has 0 spiro atoms. The smallest absolute Gasteiger partial charge is 0.204 e. The van der Waals surface area contributed by atoms with Gasteiger partial charge in [-0.25, -0.2) is 0 Å². The number of hydrogen-bond donors (Lipinski definition) is 0. The summed E-state index contributed by atoms with van der Waals surface area (Å²) >= 11 is 0. The molecule has 0 saturated heterocycles. The van der Waals surface area contributed by atoms with E-state index in [9.17, 15) is 0 Å². The molecule has 0 unspecified atom stereocenters. The van der Waals surface area contributed by atoms with E-state index >= 15 is 0 Å². The van der Waals surface area contributed by atoms with Gasteiger partial charge in [0.15, 0.2) is 11.5 Å². The van der Waals surface area contributed by atoms with Crippen molar-refractivity contribution < 1.29 is 14.2 Å². The van der Waals surface area contributed by atoms with Crippen molar-refractivity contribution in [3.8, 4) is 23.3 Å². The van der Waals surface area contributed by atoms with Gasteiger partial charge in [0.05, 0.1) is 25.9 Å².